The fraction of sp³-hybridized carbons (Fsp3) is 0.438. The van der Waals surface area contributed by atoms with E-state index in [1.165, 1.54) is 0 Å². The summed E-state index contributed by atoms with van der Waals surface area (Å²) in [5.74, 6) is 0.510. The molecule has 0 unspecified atom stereocenters. The van der Waals surface area contributed by atoms with Gasteiger partial charge in [0.25, 0.3) is 5.91 Å². The van der Waals surface area contributed by atoms with Crippen LogP contribution < -0.4 is 10.1 Å². The van der Waals surface area contributed by atoms with E-state index in [4.69, 9.17) is 56.1 Å². The van der Waals surface area contributed by atoms with Crippen LogP contribution in [0.3, 0.4) is 0 Å². The van der Waals surface area contributed by atoms with Crippen LogP contribution in [0.2, 0.25) is 20.1 Å². The summed E-state index contributed by atoms with van der Waals surface area (Å²) in [5.41, 5.74) is 3.51. The number of aliphatic hydroxyl groups is 1. The quantitative estimate of drug-likeness (QED) is 0.199. The van der Waals surface area contributed by atoms with Crippen molar-refractivity contribution in [3.63, 3.8) is 0 Å². The molecule has 2 aromatic carbocycles. The van der Waals surface area contributed by atoms with Crippen LogP contribution in [0.4, 0.5) is 0 Å². The van der Waals surface area contributed by atoms with Gasteiger partial charge in [0, 0.05) is 42.9 Å². The van der Waals surface area contributed by atoms with E-state index in [0.29, 0.717) is 50.6 Å². The SMILES string of the molecule is C[C@@H](O)c1cc(Cl)c(OCCCc2ncc(C3=C(C(=O)N(Cc4cccc(Cl)c4Cl)C4CC4)[C@H]4CC[C@@H](C3)N4)s2)c(Cl)c1. The molecule has 0 spiro atoms. The van der Waals surface area contributed by atoms with Gasteiger partial charge in [-0.2, -0.15) is 0 Å². The van der Waals surface area contributed by atoms with Crippen molar-refractivity contribution in [2.24, 2.45) is 0 Å². The van der Waals surface area contributed by atoms with Crippen molar-refractivity contribution in [3.8, 4) is 5.75 Å². The lowest BCUT2D eigenvalue weighted by Crippen LogP contribution is -2.44. The molecule has 2 fully saturated rings. The number of fused-ring (bicyclic) bond motifs is 2. The maximum Gasteiger partial charge on any atom is 0.252 e. The first kappa shape index (κ1) is 31.2. The molecule has 6 rings (SSSR count). The van der Waals surface area contributed by atoms with Crippen LogP contribution in [0.5, 0.6) is 5.75 Å². The molecule has 0 radical (unpaired) electrons. The van der Waals surface area contributed by atoms with Crippen LogP contribution >= 0.6 is 57.7 Å². The predicted octanol–water partition coefficient (Wildman–Crippen LogP) is 8.29. The van der Waals surface area contributed by atoms with Crippen molar-refractivity contribution in [1.82, 2.24) is 15.2 Å². The number of nitrogens with zero attached hydrogens (tertiary/aromatic N) is 2. The molecule has 3 atom stereocenters. The number of carbonyl (C=O) groups is 1. The van der Waals surface area contributed by atoms with E-state index < -0.39 is 6.10 Å². The first-order valence-electron chi connectivity index (χ1n) is 14.7. The third-order valence-corrected chi connectivity index (χ3v) is 10.9. The number of aromatic nitrogens is 1. The largest absolute Gasteiger partial charge is 0.490 e. The number of nitrogens with one attached hydrogen (secondary N) is 1. The van der Waals surface area contributed by atoms with Gasteiger partial charge in [-0.05, 0) is 80.3 Å². The molecule has 6 nitrogen and oxygen atoms in total. The molecule has 3 aromatic rings. The van der Waals surface area contributed by atoms with E-state index in [1.54, 1.807) is 36.5 Å². The second-order valence-corrected chi connectivity index (χ2v) is 14.2. The van der Waals surface area contributed by atoms with Crippen molar-refractivity contribution >= 4 is 69.2 Å². The number of carbonyl (C=O) groups excluding carboxylic acids is 1. The molecule has 1 saturated heterocycles. The van der Waals surface area contributed by atoms with Gasteiger partial charge in [-0.3, -0.25) is 4.79 Å². The molecule has 1 saturated carbocycles. The topological polar surface area (TPSA) is 74.7 Å². The number of hydrogen-bond donors (Lipinski definition) is 2. The van der Waals surface area contributed by atoms with Crippen LogP contribution in [-0.2, 0) is 17.8 Å². The summed E-state index contributed by atoms with van der Waals surface area (Å²) in [7, 11) is 0. The Morgan fingerprint density at radius 3 is 2.63 bits per heavy atom. The minimum atomic E-state index is -0.664. The zero-order chi connectivity index (χ0) is 30.2. The number of halogens is 4. The Kier molecular flexibility index (Phi) is 9.60. The van der Waals surface area contributed by atoms with E-state index in [-0.39, 0.29) is 18.0 Å². The van der Waals surface area contributed by atoms with Gasteiger partial charge in [0.05, 0.1) is 42.7 Å². The summed E-state index contributed by atoms with van der Waals surface area (Å²) < 4.78 is 5.90. The number of aliphatic hydroxyl groups excluding tert-OH is 1. The van der Waals surface area contributed by atoms with Crippen molar-refractivity contribution in [2.45, 2.75) is 82.6 Å². The van der Waals surface area contributed by atoms with Crippen molar-refractivity contribution in [3.05, 3.63) is 83.2 Å². The molecule has 2 aliphatic heterocycles. The second kappa shape index (κ2) is 13.3. The van der Waals surface area contributed by atoms with E-state index in [9.17, 15) is 9.90 Å². The average Bonchev–Trinajstić information content (AvgIpc) is 3.59. The highest BCUT2D eigenvalue weighted by molar-refractivity contribution is 7.12. The molecule has 1 amide bonds. The molecule has 43 heavy (non-hydrogen) atoms. The number of amides is 1. The van der Waals surface area contributed by atoms with Gasteiger partial charge in [-0.15, -0.1) is 11.3 Å². The summed E-state index contributed by atoms with van der Waals surface area (Å²) >= 11 is 27.2. The van der Waals surface area contributed by atoms with Gasteiger partial charge in [0.15, 0.2) is 5.75 Å². The zero-order valence-corrected chi connectivity index (χ0v) is 27.6. The van der Waals surface area contributed by atoms with Crippen LogP contribution in [-0.4, -0.2) is 45.6 Å². The minimum absolute atomic E-state index is 0.0472. The van der Waals surface area contributed by atoms with Crippen LogP contribution in [0.1, 0.15) is 72.6 Å². The molecule has 11 heteroatoms. The van der Waals surface area contributed by atoms with Crippen molar-refractivity contribution < 1.29 is 14.6 Å². The number of ether oxygens (including phenoxy) is 1. The van der Waals surface area contributed by atoms with E-state index >= 15 is 0 Å². The van der Waals surface area contributed by atoms with Gasteiger partial charge in [-0.1, -0.05) is 58.5 Å². The first-order chi connectivity index (χ1) is 20.7. The Morgan fingerprint density at radius 1 is 1.14 bits per heavy atom. The lowest BCUT2D eigenvalue weighted by atomic mass is 9.93. The normalized spacial score (nSPS) is 20.4. The highest BCUT2D eigenvalue weighted by atomic mass is 35.5. The molecular formula is C32H33Cl4N3O3S. The maximum atomic E-state index is 14.3. The average molecular weight is 682 g/mol. The monoisotopic (exact) mass is 679 g/mol. The summed E-state index contributed by atoms with van der Waals surface area (Å²) in [6.45, 7) is 2.53. The van der Waals surface area contributed by atoms with Gasteiger partial charge >= 0.3 is 0 Å². The number of hydrogen-bond acceptors (Lipinski definition) is 6. The van der Waals surface area contributed by atoms with Crippen molar-refractivity contribution in [2.75, 3.05) is 6.61 Å². The fourth-order valence-corrected chi connectivity index (χ4v) is 7.99. The molecule has 3 aliphatic rings. The first-order valence-corrected chi connectivity index (χ1v) is 17.0. The molecular weight excluding hydrogens is 648 g/mol. The summed E-state index contributed by atoms with van der Waals surface area (Å²) in [4.78, 5) is 22.1. The standard InChI is InChI=1S/C32H33Cl4N3O3S/c1-17(40)19-12-24(34)31(25(35)13-19)42-11-3-6-28-37-15-27(43-28)22-14-20-7-10-26(38-20)29(22)32(41)39(21-8-9-21)16-18-4-2-5-23(33)30(18)36/h2,4-5,12-13,15,17,20-21,26,38,40H,3,6-11,14,16H2,1H3/t17-,20+,26-/m1/s1. The lowest BCUT2D eigenvalue weighted by Gasteiger charge is -2.31. The van der Waals surface area contributed by atoms with Crippen LogP contribution in [0.15, 0.2) is 42.1 Å². The van der Waals surface area contributed by atoms with Crippen LogP contribution in [0, 0.1) is 0 Å². The van der Waals surface area contributed by atoms with Gasteiger partial charge in [0.2, 0.25) is 0 Å². The Labute approximate surface area is 275 Å². The number of rotatable bonds is 11. The minimum Gasteiger partial charge on any atom is -0.490 e. The van der Waals surface area contributed by atoms with Gasteiger partial charge in [-0.25, -0.2) is 4.98 Å². The fourth-order valence-electron chi connectivity index (χ4n) is 5.97. The maximum absolute atomic E-state index is 14.3. The Morgan fingerprint density at radius 2 is 1.91 bits per heavy atom. The van der Waals surface area contributed by atoms with Crippen molar-refractivity contribution in [1.29, 1.82) is 0 Å². The highest BCUT2D eigenvalue weighted by Gasteiger charge is 2.42. The van der Waals surface area contributed by atoms with E-state index in [1.807, 2.05) is 23.2 Å². The molecule has 2 N–H and O–H groups in total. The molecule has 2 bridgehead atoms. The lowest BCUT2D eigenvalue weighted by molar-refractivity contribution is -0.128. The predicted molar refractivity (Wildman–Crippen MR) is 175 cm³/mol. The Bertz CT molecular complexity index is 1530. The second-order valence-electron chi connectivity index (χ2n) is 11.5. The summed E-state index contributed by atoms with van der Waals surface area (Å²) in [6.07, 6.45) is 7.55. The van der Waals surface area contributed by atoms with Gasteiger partial charge < -0.3 is 20.1 Å². The number of aryl methyl sites for hydroxylation is 1. The third kappa shape index (κ3) is 6.89. The smallest absolute Gasteiger partial charge is 0.252 e. The molecule has 228 valence electrons. The number of benzene rings is 2. The number of thiazole rings is 1. The zero-order valence-electron chi connectivity index (χ0n) is 23.7. The van der Waals surface area contributed by atoms with Crippen LogP contribution in [0.25, 0.3) is 5.57 Å². The summed E-state index contributed by atoms with van der Waals surface area (Å²) in [5, 5.41) is 16.3. The van der Waals surface area contributed by atoms with E-state index in [0.717, 1.165) is 71.5 Å². The highest BCUT2D eigenvalue weighted by Crippen LogP contribution is 2.42. The molecule has 3 heterocycles. The Hall–Kier alpha value is -1.84. The van der Waals surface area contributed by atoms with E-state index in [2.05, 4.69) is 5.32 Å². The Balaban J connectivity index is 1.17. The molecule has 1 aliphatic carbocycles. The molecule has 1 aromatic heterocycles. The van der Waals surface area contributed by atoms with Gasteiger partial charge in [0.1, 0.15) is 0 Å². The third-order valence-electron chi connectivity index (χ3n) is 8.35. The summed E-state index contributed by atoms with van der Waals surface area (Å²) in [6, 6.07) is 9.59.